The van der Waals surface area contributed by atoms with E-state index in [2.05, 4.69) is 33.4 Å². The van der Waals surface area contributed by atoms with Crippen LogP contribution in [0.15, 0.2) is 0 Å². The summed E-state index contributed by atoms with van der Waals surface area (Å²) in [5.41, 5.74) is 3.11. The third kappa shape index (κ3) is 22.1. The molecule has 0 aromatic rings. The maximum atomic E-state index is 12.0. The highest BCUT2D eigenvalue weighted by Gasteiger charge is 2.16. The molecule has 0 aliphatic rings. The van der Waals surface area contributed by atoms with Crippen molar-refractivity contribution in [3.63, 3.8) is 0 Å². The lowest BCUT2D eigenvalue weighted by Crippen LogP contribution is -2.54. The SMILES string of the molecule is CCCCCCCCCCCCCCCCCCCCCC(=O)N[N+](C)(C)CCC. The summed E-state index contributed by atoms with van der Waals surface area (Å²) < 4.78 is 0.606. The average molecular weight is 426 g/mol. The van der Waals surface area contributed by atoms with Gasteiger partial charge in [-0.15, -0.1) is 0 Å². The van der Waals surface area contributed by atoms with E-state index in [0.717, 1.165) is 19.4 Å². The van der Waals surface area contributed by atoms with Crippen molar-refractivity contribution in [2.75, 3.05) is 20.6 Å². The van der Waals surface area contributed by atoms with Gasteiger partial charge in [0.1, 0.15) is 6.54 Å². The smallest absolute Gasteiger partial charge is 0.264 e. The summed E-state index contributed by atoms with van der Waals surface area (Å²) in [6, 6.07) is 0. The number of nitrogens with one attached hydrogen (secondary N) is 1. The molecule has 0 fully saturated rings. The van der Waals surface area contributed by atoms with Gasteiger partial charge in [-0.3, -0.25) is 4.79 Å². The number of carbonyl (C=O) groups is 1. The zero-order valence-corrected chi connectivity index (χ0v) is 21.4. The Morgan fingerprint density at radius 2 is 0.867 bits per heavy atom. The van der Waals surface area contributed by atoms with Crippen molar-refractivity contribution >= 4 is 5.91 Å². The lowest BCUT2D eigenvalue weighted by Gasteiger charge is -2.28. The number of nitrogens with zero attached hydrogens (tertiary/aromatic N) is 1. The number of amides is 1. The summed E-state index contributed by atoms with van der Waals surface area (Å²) in [5, 5.41) is 0. The van der Waals surface area contributed by atoms with E-state index in [1.165, 1.54) is 116 Å². The first-order valence-electron chi connectivity index (χ1n) is 13.7. The van der Waals surface area contributed by atoms with E-state index in [-0.39, 0.29) is 5.91 Å². The normalized spacial score (nSPS) is 11.7. The number of hydrogen-bond acceptors (Lipinski definition) is 1. The minimum Gasteiger partial charge on any atom is -0.270 e. The van der Waals surface area contributed by atoms with Crippen molar-refractivity contribution < 1.29 is 9.39 Å². The molecule has 3 nitrogen and oxygen atoms in total. The molecular weight excluding hydrogens is 368 g/mol. The molecule has 0 saturated carbocycles. The maximum absolute atomic E-state index is 12.0. The molecule has 0 aromatic carbocycles. The van der Waals surface area contributed by atoms with Crippen molar-refractivity contribution in [1.29, 1.82) is 0 Å². The Balaban J connectivity index is 3.20. The molecule has 0 atom stereocenters. The molecule has 0 saturated heterocycles. The van der Waals surface area contributed by atoms with Gasteiger partial charge in [0.05, 0.1) is 14.1 Å². The summed E-state index contributed by atoms with van der Waals surface area (Å²) >= 11 is 0. The third-order valence-electron chi connectivity index (χ3n) is 6.22. The van der Waals surface area contributed by atoms with Crippen LogP contribution >= 0.6 is 0 Å². The van der Waals surface area contributed by atoms with Gasteiger partial charge in [-0.2, -0.15) is 0 Å². The Hall–Kier alpha value is -0.570. The Bertz CT molecular complexity index is 368. The van der Waals surface area contributed by atoms with E-state index in [9.17, 15) is 4.79 Å². The third-order valence-corrected chi connectivity index (χ3v) is 6.22. The van der Waals surface area contributed by atoms with Crippen molar-refractivity contribution in [2.45, 2.75) is 149 Å². The van der Waals surface area contributed by atoms with Gasteiger partial charge in [0.2, 0.25) is 0 Å². The lowest BCUT2D eigenvalue weighted by atomic mass is 10.0. The zero-order chi connectivity index (χ0) is 22.3. The molecule has 0 aliphatic carbocycles. The van der Waals surface area contributed by atoms with Crippen LogP contribution in [0.2, 0.25) is 0 Å². The summed E-state index contributed by atoms with van der Waals surface area (Å²) in [4.78, 5) is 12.0. The fraction of sp³-hybridized carbons (Fsp3) is 0.963. The van der Waals surface area contributed by atoms with Crippen molar-refractivity contribution in [3.8, 4) is 0 Å². The molecule has 0 heterocycles. The number of rotatable bonds is 23. The second kappa shape index (κ2) is 21.7. The van der Waals surface area contributed by atoms with Crippen molar-refractivity contribution in [3.05, 3.63) is 0 Å². The minimum absolute atomic E-state index is 0.209. The van der Waals surface area contributed by atoms with Gasteiger partial charge < -0.3 is 0 Å². The fourth-order valence-electron chi connectivity index (χ4n) is 4.37. The first-order valence-corrected chi connectivity index (χ1v) is 13.7. The molecular formula is C27H57N2O+. The maximum Gasteiger partial charge on any atom is 0.264 e. The van der Waals surface area contributed by atoms with Crippen LogP contribution in [-0.4, -0.2) is 31.1 Å². The van der Waals surface area contributed by atoms with E-state index in [4.69, 9.17) is 0 Å². The van der Waals surface area contributed by atoms with Crippen LogP contribution in [0.4, 0.5) is 0 Å². The second-order valence-electron chi connectivity index (χ2n) is 10.1. The predicted octanol–water partition coefficient (Wildman–Crippen LogP) is 8.33. The highest BCUT2D eigenvalue weighted by Crippen LogP contribution is 2.14. The van der Waals surface area contributed by atoms with Crippen molar-refractivity contribution in [1.82, 2.24) is 5.43 Å². The molecule has 0 aromatic heterocycles. The van der Waals surface area contributed by atoms with E-state index in [0.29, 0.717) is 11.0 Å². The zero-order valence-electron chi connectivity index (χ0n) is 21.4. The van der Waals surface area contributed by atoms with E-state index < -0.39 is 0 Å². The lowest BCUT2D eigenvalue weighted by molar-refractivity contribution is -0.925. The van der Waals surface area contributed by atoms with E-state index in [1.54, 1.807) is 0 Å². The van der Waals surface area contributed by atoms with Crippen LogP contribution in [0.5, 0.6) is 0 Å². The standard InChI is InChI=1S/C27H56N2O/c1-5-7-8-9-10-11-12-13-14-15-16-17-18-19-20-21-22-23-24-25-27(30)28-29(3,4)26-6-2/h5-26H2,1-4H3/p+1. The first kappa shape index (κ1) is 29.4. The first-order chi connectivity index (χ1) is 14.5. The second-order valence-corrected chi connectivity index (χ2v) is 10.1. The minimum atomic E-state index is 0.209. The number of unbranched alkanes of at least 4 members (excludes halogenated alkanes) is 18. The van der Waals surface area contributed by atoms with Crippen LogP contribution in [-0.2, 0) is 4.79 Å². The monoisotopic (exact) mass is 425 g/mol. The quantitative estimate of drug-likeness (QED) is 0.0994. The highest BCUT2D eigenvalue weighted by molar-refractivity contribution is 5.74. The topological polar surface area (TPSA) is 29.1 Å². The Labute approximate surface area is 190 Å². The molecule has 0 unspecified atom stereocenters. The Kier molecular flexibility index (Phi) is 21.2. The van der Waals surface area contributed by atoms with Crippen LogP contribution in [0.1, 0.15) is 149 Å². The van der Waals surface area contributed by atoms with Gasteiger partial charge in [0.15, 0.2) is 0 Å². The van der Waals surface area contributed by atoms with Gasteiger partial charge in [0.25, 0.3) is 5.91 Å². The Morgan fingerprint density at radius 3 is 1.20 bits per heavy atom. The Morgan fingerprint density at radius 1 is 0.533 bits per heavy atom. The van der Waals surface area contributed by atoms with E-state index in [1.807, 2.05) is 0 Å². The molecule has 30 heavy (non-hydrogen) atoms. The molecule has 3 heteroatoms. The highest BCUT2D eigenvalue weighted by atomic mass is 16.2. The van der Waals surface area contributed by atoms with Gasteiger partial charge in [0, 0.05) is 6.42 Å². The molecule has 0 bridgehead atoms. The van der Waals surface area contributed by atoms with Crippen LogP contribution < -0.4 is 5.43 Å². The van der Waals surface area contributed by atoms with Gasteiger partial charge in [-0.1, -0.05) is 129 Å². The summed E-state index contributed by atoms with van der Waals surface area (Å²) in [6.07, 6.45) is 28.2. The van der Waals surface area contributed by atoms with Crippen LogP contribution in [0, 0.1) is 0 Å². The average Bonchev–Trinajstić information content (AvgIpc) is 2.69. The van der Waals surface area contributed by atoms with E-state index >= 15 is 0 Å². The van der Waals surface area contributed by atoms with Crippen molar-refractivity contribution in [2.24, 2.45) is 0 Å². The molecule has 0 radical (unpaired) electrons. The van der Waals surface area contributed by atoms with Crippen LogP contribution in [0.25, 0.3) is 0 Å². The van der Waals surface area contributed by atoms with Gasteiger partial charge in [-0.25, -0.2) is 10.0 Å². The number of quaternary nitrogens is 1. The molecule has 0 spiro atoms. The molecule has 0 rings (SSSR count). The molecule has 180 valence electrons. The predicted molar refractivity (Wildman–Crippen MR) is 133 cm³/mol. The molecule has 1 N–H and O–H groups in total. The molecule has 0 aliphatic heterocycles. The number of carbonyl (C=O) groups excluding carboxylic acids is 1. The largest absolute Gasteiger partial charge is 0.270 e. The fourth-order valence-corrected chi connectivity index (χ4v) is 4.37. The summed E-state index contributed by atoms with van der Waals surface area (Å²) in [6.45, 7) is 5.44. The number of hydrogen-bond donors (Lipinski definition) is 1. The van der Waals surface area contributed by atoms with Gasteiger partial charge in [-0.05, 0) is 12.8 Å². The van der Waals surface area contributed by atoms with Crippen LogP contribution in [0.3, 0.4) is 0 Å². The summed E-state index contributed by atoms with van der Waals surface area (Å²) in [7, 11) is 4.13. The molecule has 1 amide bonds. The summed E-state index contributed by atoms with van der Waals surface area (Å²) in [5.74, 6) is 0.209. The van der Waals surface area contributed by atoms with Gasteiger partial charge >= 0.3 is 0 Å².